The Bertz CT molecular complexity index is 596. The maximum absolute atomic E-state index is 12.2. The van der Waals surface area contributed by atoms with Gasteiger partial charge in [0.05, 0.1) is 6.61 Å². The summed E-state index contributed by atoms with van der Waals surface area (Å²) in [6.45, 7) is 10.9. The molecule has 0 aromatic carbocycles. The Kier molecular flexibility index (Phi) is 5.87. The van der Waals surface area contributed by atoms with Crippen molar-refractivity contribution in [2.45, 2.75) is 65.7 Å². The van der Waals surface area contributed by atoms with Gasteiger partial charge in [-0.25, -0.2) is 14.8 Å². The molecule has 1 fully saturated rings. The van der Waals surface area contributed by atoms with Crippen LogP contribution in [0.25, 0.3) is 0 Å². The average molecular weight is 350 g/mol. The molecule has 1 saturated heterocycles. The highest BCUT2D eigenvalue weighted by Gasteiger charge is 2.29. The van der Waals surface area contributed by atoms with Crippen molar-refractivity contribution in [3.8, 4) is 0 Å². The van der Waals surface area contributed by atoms with E-state index < -0.39 is 5.60 Å². The Balaban J connectivity index is 1.99. The summed E-state index contributed by atoms with van der Waals surface area (Å²) in [5, 5.41) is 9.39. The smallest absolute Gasteiger partial charge is 0.410 e. The van der Waals surface area contributed by atoms with E-state index in [0.29, 0.717) is 5.95 Å². The lowest BCUT2D eigenvalue weighted by molar-refractivity contribution is 0.0200. The number of hydrogen-bond donors (Lipinski definition) is 1. The van der Waals surface area contributed by atoms with Crippen molar-refractivity contribution in [3.05, 3.63) is 17.0 Å². The topological polar surface area (TPSA) is 78.8 Å². The molecular weight excluding hydrogens is 320 g/mol. The highest BCUT2D eigenvalue weighted by Crippen LogP contribution is 2.22. The van der Waals surface area contributed by atoms with Crippen molar-refractivity contribution >= 4 is 12.0 Å². The van der Waals surface area contributed by atoms with Crippen LogP contribution in [0.2, 0.25) is 0 Å². The second-order valence-electron chi connectivity index (χ2n) is 7.64. The molecule has 1 aromatic rings. The van der Waals surface area contributed by atoms with Crippen molar-refractivity contribution in [3.63, 3.8) is 0 Å². The van der Waals surface area contributed by atoms with Gasteiger partial charge in [0.15, 0.2) is 0 Å². The van der Waals surface area contributed by atoms with Crippen LogP contribution in [0.4, 0.5) is 10.7 Å². The number of aryl methyl sites for hydroxylation is 2. The summed E-state index contributed by atoms with van der Waals surface area (Å²) in [4.78, 5) is 25.1. The van der Waals surface area contributed by atoms with Gasteiger partial charge in [0, 0.05) is 43.1 Å². The molecule has 0 aliphatic carbocycles. The molecule has 1 aliphatic heterocycles. The monoisotopic (exact) mass is 350 g/mol. The Morgan fingerprint density at radius 3 is 2.20 bits per heavy atom. The van der Waals surface area contributed by atoms with Crippen LogP contribution in [-0.2, 0) is 11.3 Å². The minimum atomic E-state index is -0.483. The lowest BCUT2D eigenvalue weighted by Crippen LogP contribution is -2.47. The van der Waals surface area contributed by atoms with Crippen molar-refractivity contribution in [2.75, 3.05) is 25.0 Å². The van der Waals surface area contributed by atoms with Gasteiger partial charge in [0.25, 0.3) is 0 Å². The first kappa shape index (κ1) is 19.4. The largest absolute Gasteiger partial charge is 0.444 e. The van der Waals surface area contributed by atoms with Crippen molar-refractivity contribution in [1.82, 2.24) is 14.9 Å². The first-order chi connectivity index (χ1) is 11.6. The Labute approximate surface area is 150 Å². The van der Waals surface area contributed by atoms with E-state index in [1.54, 1.807) is 11.9 Å². The third-order valence-corrected chi connectivity index (χ3v) is 4.54. The van der Waals surface area contributed by atoms with Crippen molar-refractivity contribution < 1.29 is 14.6 Å². The zero-order valence-corrected chi connectivity index (χ0v) is 16.2. The third-order valence-electron chi connectivity index (χ3n) is 4.54. The number of carbonyl (C=O) groups is 1. The highest BCUT2D eigenvalue weighted by molar-refractivity contribution is 5.68. The van der Waals surface area contributed by atoms with E-state index in [1.165, 1.54) is 0 Å². The molecule has 0 bridgehead atoms. The minimum absolute atomic E-state index is 0.0410. The number of piperidine rings is 1. The summed E-state index contributed by atoms with van der Waals surface area (Å²) in [7, 11) is 1.80. The highest BCUT2D eigenvalue weighted by atomic mass is 16.6. The SMILES string of the molecule is Cc1nc(N2CCC(N(C)C(=O)OC(C)(C)C)CC2)nc(C)c1CO. The number of hydrogen-bond acceptors (Lipinski definition) is 6. The number of ether oxygens (including phenoxy) is 1. The fourth-order valence-electron chi connectivity index (χ4n) is 3.03. The van der Waals surface area contributed by atoms with Crippen LogP contribution in [0.15, 0.2) is 0 Å². The minimum Gasteiger partial charge on any atom is -0.444 e. The maximum Gasteiger partial charge on any atom is 0.410 e. The predicted molar refractivity (Wildman–Crippen MR) is 96.7 cm³/mol. The number of rotatable bonds is 3. The van der Waals surface area contributed by atoms with E-state index in [9.17, 15) is 9.90 Å². The van der Waals surface area contributed by atoms with Gasteiger partial charge in [0.2, 0.25) is 5.95 Å². The maximum atomic E-state index is 12.2. The Morgan fingerprint density at radius 1 is 1.24 bits per heavy atom. The molecule has 0 radical (unpaired) electrons. The van der Waals surface area contributed by atoms with Crippen LogP contribution >= 0.6 is 0 Å². The number of nitrogens with zero attached hydrogens (tertiary/aromatic N) is 4. The number of aliphatic hydroxyl groups is 1. The summed E-state index contributed by atoms with van der Waals surface area (Å²) in [5.74, 6) is 0.700. The van der Waals surface area contributed by atoms with E-state index >= 15 is 0 Å². The Morgan fingerprint density at radius 2 is 1.76 bits per heavy atom. The van der Waals surface area contributed by atoms with Gasteiger partial charge in [0.1, 0.15) is 5.60 Å². The van der Waals surface area contributed by atoms with Crippen LogP contribution in [0, 0.1) is 13.8 Å². The number of aromatic nitrogens is 2. The molecule has 7 heteroatoms. The average Bonchev–Trinajstić information content (AvgIpc) is 2.52. The van der Waals surface area contributed by atoms with Crippen LogP contribution in [-0.4, -0.2) is 57.8 Å². The lowest BCUT2D eigenvalue weighted by atomic mass is 10.0. The van der Waals surface area contributed by atoms with E-state index in [1.807, 2.05) is 34.6 Å². The number of amides is 1. The van der Waals surface area contributed by atoms with E-state index in [4.69, 9.17) is 4.74 Å². The second-order valence-corrected chi connectivity index (χ2v) is 7.64. The second kappa shape index (κ2) is 7.56. The molecule has 7 nitrogen and oxygen atoms in total. The molecule has 140 valence electrons. The number of carbonyl (C=O) groups excluding carboxylic acids is 1. The molecule has 25 heavy (non-hydrogen) atoms. The summed E-state index contributed by atoms with van der Waals surface area (Å²) in [6, 6.07) is 0.157. The molecule has 1 N–H and O–H groups in total. The van der Waals surface area contributed by atoms with Gasteiger partial charge in [-0.3, -0.25) is 0 Å². The number of aliphatic hydroxyl groups excluding tert-OH is 1. The van der Waals surface area contributed by atoms with Crippen molar-refractivity contribution in [2.24, 2.45) is 0 Å². The van der Waals surface area contributed by atoms with Gasteiger partial charge in [-0.2, -0.15) is 0 Å². The lowest BCUT2D eigenvalue weighted by Gasteiger charge is -2.37. The van der Waals surface area contributed by atoms with Crippen LogP contribution in [0.1, 0.15) is 50.6 Å². The third kappa shape index (κ3) is 4.81. The van der Waals surface area contributed by atoms with Crippen LogP contribution in [0.3, 0.4) is 0 Å². The van der Waals surface area contributed by atoms with Gasteiger partial charge >= 0.3 is 6.09 Å². The molecule has 0 unspecified atom stereocenters. The first-order valence-corrected chi connectivity index (χ1v) is 8.78. The standard InChI is InChI=1S/C18H30N4O3/c1-12-15(11-23)13(2)20-16(19-12)22-9-7-14(8-10-22)21(6)17(24)25-18(3,4)5/h14,23H,7-11H2,1-6H3. The predicted octanol–water partition coefficient (Wildman–Crippen LogP) is 2.42. The molecule has 1 amide bonds. The van der Waals surface area contributed by atoms with Gasteiger partial charge in [-0.1, -0.05) is 0 Å². The van der Waals surface area contributed by atoms with Gasteiger partial charge < -0.3 is 19.6 Å². The fraction of sp³-hybridized carbons (Fsp3) is 0.722. The summed E-state index contributed by atoms with van der Waals surface area (Å²) >= 11 is 0. The fourth-order valence-corrected chi connectivity index (χ4v) is 3.03. The van der Waals surface area contributed by atoms with Crippen molar-refractivity contribution in [1.29, 1.82) is 0 Å². The van der Waals surface area contributed by atoms with Gasteiger partial charge in [-0.15, -0.1) is 0 Å². The summed E-state index contributed by atoms with van der Waals surface area (Å²) in [5.41, 5.74) is 1.95. The number of anilines is 1. The molecule has 0 saturated carbocycles. The molecule has 2 heterocycles. The van der Waals surface area contributed by atoms with E-state index in [-0.39, 0.29) is 18.7 Å². The van der Waals surface area contributed by atoms with Gasteiger partial charge in [-0.05, 0) is 47.5 Å². The normalized spacial score (nSPS) is 16.0. The molecule has 2 rings (SSSR count). The zero-order valence-electron chi connectivity index (χ0n) is 16.2. The quantitative estimate of drug-likeness (QED) is 0.902. The molecule has 0 atom stereocenters. The zero-order chi connectivity index (χ0) is 18.8. The van der Waals surface area contributed by atoms with Crippen LogP contribution < -0.4 is 4.90 Å². The van der Waals surface area contributed by atoms with E-state index in [2.05, 4.69) is 14.9 Å². The van der Waals surface area contributed by atoms with E-state index in [0.717, 1.165) is 42.9 Å². The molecule has 0 spiro atoms. The first-order valence-electron chi connectivity index (χ1n) is 8.78. The molecule has 1 aromatic heterocycles. The summed E-state index contributed by atoms with van der Waals surface area (Å²) in [6.07, 6.45) is 1.42. The van der Waals surface area contributed by atoms with Crippen LogP contribution in [0.5, 0.6) is 0 Å². The molecule has 1 aliphatic rings. The summed E-state index contributed by atoms with van der Waals surface area (Å²) < 4.78 is 5.45. The Hall–Kier alpha value is -1.89. The molecular formula is C18H30N4O3.